The van der Waals surface area contributed by atoms with Gasteiger partial charge in [0.1, 0.15) is 0 Å². The van der Waals surface area contributed by atoms with Crippen molar-refractivity contribution in [3.63, 3.8) is 0 Å². The molecule has 3 N–H and O–H groups in total. The molecular formula is C21H33ClN4O2. The van der Waals surface area contributed by atoms with Crippen molar-refractivity contribution in [1.29, 1.82) is 0 Å². The lowest BCUT2D eigenvalue weighted by molar-refractivity contribution is -0.128. The van der Waals surface area contributed by atoms with E-state index in [0.717, 1.165) is 43.6 Å². The van der Waals surface area contributed by atoms with Crippen molar-refractivity contribution in [3.8, 4) is 0 Å². The molecule has 2 fully saturated rings. The second-order valence-electron chi connectivity index (χ2n) is 8.56. The Morgan fingerprint density at radius 1 is 1.25 bits per heavy atom. The molecule has 0 saturated carbocycles. The number of halogens is 1. The maximum atomic E-state index is 12.4. The van der Waals surface area contributed by atoms with Crippen LogP contribution in [0.3, 0.4) is 0 Å². The molecule has 6 nitrogen and oxygen atoms in total. The highest BCUT2D eigenvalue weighted by Gasteiger charge is 2.33. The lowest BCUT2D eigenvalue weighted by Gasteiger charge is -2.42. The quantitative estimate of drug-likeness (QED) is 0.753. The van der Waals surface area contributed by atoms with Gasteiger partial charge in [0, 0.05) is 45.2 Å². The Balaban J connectivity index is 0.00000280. The van der Waals surface area contributed by atoms with E-state index in [1.807, 2.05) is 29.2 Å². The molecule has 2 aliphatic rings. The lowest BCUT2D eigenvalue weighted by atomic mass is 9.80. The van der Waals surface area contributed by atoms with Gasteiger partial charge in [-0.1, -0.05) is 38.1 Å². The Kier molecular flexibility index (Phi) is 7.87. The standard InChI is InChI=1S/C21H32N4O2.ClH/c1-21(2)15-24(11-9-18(21)22)14-19(26)23-12-16-6-3-4-7-17(16)13-25-10-5-8-20(25)27;/h3-4,6-7,18H,5,8-15,22H2,1-2H3,(H,23,26);1H. The van der Waals surface area contributed by atoms with E-state index in [-0.39, 0.29) is 35.7 Å². The molecule has 3 rings (SSSR count). The van der Waals surface area contributed by atoms with E-state index < -0.39 is 0 Å². The molecule has 2 aliphatic heterocycles. The Bertz CT molecular complexity index is 695. The van der Waals surface area contributed by atoms with Crippen molar-refractivity contribution < 1.29 is 9.59 Å². The summed E-state index contributed by atoms with van der Waals surface area (Å²) in [6, 6.07) is 8.23. The van der Waals surface area contributed by atoms with Gasteiger partial charge in [-0.15, -0.1) is 12.4 Å². The number of amides is 2. The van der Waals surface area contributed by atoms with Gasteiger partial charge in [-0.25, -0.2) is 0 Å². The van der Waals surface area contributed by atoms with Crippen LogP contribution in [0.2, 0.25) is 0 Å². The number of nitrogens with two attached hydrogens (primary N) is 1. The van der Waals surface area contributed by atoms with Crippen LogP contribution in [0.1, 0.15) is 44.2 Å². The molecule has 0 aromatic heterocycles. The summed E-state index contributed by atoms with van der Waals surface area (Å²) >= 11 is 0. The number of piperidine rings is 1. The first-order valence-corrected chi connectivity index (χ1v) is 9.94. The summed E-state index contributed by atoms with van der Waals surface area (Å²) in [5, 5.41) is 3.05. The van der Waals surface area contributed by atoms with Crippen LogP contribution < -0.4 is 11.1 Å². The van der Waals surface area contributed by atoms with Crippen LogP contribution in [0.15, 0.2) is 24.3 Å². The van der Waals surface area contributed by atoms with Gasteiger partial charge in [0.15, 0.2) is 0 Å². The molecule has 1 unspecified atom stereocenters. The van der Waals surface area contributed by atoms with Crippen LogP contribution in [0.4, 0.5) is 0 Å². The van der Waals surface area contributed by atoms with Gasteiger partial charge >= 0.3 is 0 Å². The van der Waals surface area contributed by atoms with E-state index in [1.54, 1.807) is 0 Å². The normalized spacial score (nSPS) is 22.0. The average Bonchev–Trinajstić information content (AvgIpc) is 3.02. The van der Waals surface area contributed by atoms with Crippen molar-refractivity contribution in [2.24, 2.45) is 11.1 Å². The average molecular weight is 409 g/mol. The van der Waals surface area contributed by atoms with Gasteiger partial charge in [0.2, 0.25) is 11.8 Å². The van der Waals surface area contributed by atoms with Crippen LogP contribution >= 0.6 is 12.4 Å². The zero-order valence-electron chi connectivity index (χ0n) is 16.9. The minimum Gasteiger partial charge on any atom is -0.351 e. The van der Waals surface area contributed by atoms with Crippen molar-refractivity contribution in [1.82, 2.24) is 15.1 Å². The van der Waals surface area contributed by atoms with Crippen LogP contribution in [0, 0.1) is 5.41 Å². The van der Waals surface area contributed by atoms with Gasteiger partial charge in [-0.05, 0) is 29.4 Å². The largest absolute Gasteiger partial charge is 0.351 e. The number of likely N-dealkylation sites (tertiary alicyclic amines) is 2. The molecule has 0 spiro atoms. The van der Waals surface area contributed by atoms with E-state index in [4.69, 9.17) is 5.73 Å². The van der Waals surface area contributed by atoms with Crippen molar-refractivity contribution in [3.05, 3.63) is 35.4 Å². The molecule has 0 radical (unpaired) electrons. The third kappa shape index (κ3) is 5.69. The van der Waals surface area contributed by atoms with Gasteiger partial charge in [0.25, 0.3) is 0 Å². The molecule has 7 heteroatoms. The van der Waals surface area contributed by atoms with Gasteiger partial charge < -0.3 is 16.0 Å². The maximum absolute atomic E-state index is 12.4. The highest BCUT2D eigenvalue weighted by atomic mass is 35.5. The number of nitrogens with one attached hydrogen (secondary N) is 1. The fourth-order valence-corrected chi connectivity index (χ4v) is 4.03. The van der Waals surface area contributed by atoms with Crippen LogP contribution in [-0.4, -0.2) is 53.8 Å². The predicted molar refractivity (Wildman–Crippen MR) is 113 cm³/mol. The number of benzene rings is 1. The van der Waals surface area contributed by atoms with Gasteiger partial charge in [-0.3, -0.25) is 14.5 Å². The molecule has 1 aromatic rings. The first-order chi connectivity index (χ1) is 12.8. The van der Waals surface area contributed by atoms with E-state index in [9.17, 15) is 9.59 Å². The second-order valence-corrected chi connectivity index (χ2v) is 8.56. The first-order valence-electron chi connectivity index (χ1n) is 9.94. The number of hydrogen-bond donors (Lipinski definition) is 2. The van der Waals surface area contributed by atoms with Gasteiger partial charge in [0.05, 0.1) is 6.54 Å². The molecular weight excluding hydrogens is 376 g/mol. The number of hydrogen-bond acceptors (Lipinski definition) is 4. The summed E-state index contributed by atoms with van der Waals surface area (Å²) in [5.41, 5.74) is 8.40. The molecule has 1 aromatic carbocycles. The Hall–Kier alpha value is -1.63. The maximum Gasteiger partial charge on any atom is 0.234 e. The third-order valence-corrected chi connectivity index (χ3v) is 5.89. The smallest absolute Gasteiger partial charge is 0.234 e. The third-order valence-electron chi connectivity index (χ3n) is 5.89. The Labute approximate surface area is 174 Å². The second kappa shape index (κ2) is 9.72. The monoisotopic (exact) mass is 408 g/mol. The molecule has 0 aliphatic carbocycles. The first kappa shape index (κ1) is 22.7. The molecule has 156 valence electrons. The molecule has 2 saturated heterocycles. The summed E-state index contributed by atoms with van der Waals surface area (Å²) < 4.78 is 0. The van der Waals surface area contributed by atoms with E-state index in [2.05, 4.69) is 24.1 Å². The number of rotatable bonds is 6. The number of nitrogens with zero attached hydrogens (tertiary/aromatic N) is 2. The van der Waals surface area contributed by atoms with Crippen molar-refractivity contribution >= 4 is 24.2 Å². The molecule has 2 amide bonds. The highest BCUT2D eigenvalue weighted by Crippen LogP contribution is 2.27. The fraction of sp³-hybridized carbons (Fsp3) is 0.619. The van der Waals surface area contributed by atoms with Crippen molar-refractivity contribution in [2.45, 2.75) is 52.2 Å². The van der Waals surface area contributed by atoms with Crippen LogP contribution in [0.5, 0.6) is 0 Å². The summed E-state index contributed by atoms with van der Waals surface area (Å²) in [6.07, 6.45) is 2.51. The molecule has 28 heavy (non-hydrogen) atoms. The Morgan fingerprint density at radius 3 is 2.61 bits per heavy atom. The zero-order chi connectivity index (χ0) is 19.4. The minimum atomic E-state index is 0. The van der Waals surface area contributed by atoms with Crippen LogP contribution in [0.25, 0.3) is 0 Å². The van der Waals surface area contributed by atoms with Gasteiger partial charge in [-0.2, -0.15) is 0 Å². The lowest BCUT2D eigenvalue weighted by Crippen LogP contribution is -2.54. The molecule has 2 heterocycles. The fourth-order valence-electron chi connectivity index (χ4n) is 4.03. The predicted octanol–water partition coefficient (Wildman–Crippen LogP) is 1.91. The van der Waals surface area contributed by atoms with Crippen LogP contribution in [-0.2, 0) is 22.7 Å². The summed E-state index contributed by atoms with van der Waals surface area (Å²) in [6.45, 7) is 8.39. The topological polar surface area (TPSA) is 78.7 Å². The van der Waals surface area contributed by atoms with E-state index in [1.165, 1.54) is 0 Å². The van der Waals surface area contributed by atoms with Crippen molar-refractivity contribution in [2.75, 3.05) is 26.2 Å². The summed E-state index contributed by atoms with van der Waals surface area (Å²) in [7, 11) is 0. The zero-order valence-corrected chi connectivity index (χ0v) is 17.8. The summed E-state index contributed by atoms with van der Waals surface area (Å²) in [4.78, 5) is 28.4. The van der Waals surface area contributed by atoms with E-state index in [0.29, 0.717) is 26.1 Å². The number of carbonyl (C=O) groups is 2. The van der Waals surface area contributed by atoms with E-state index >= 15 is 0 Å². The molecule has 0 bridgehead atoms. The highest BCUT2D eigenvalue weighted by molar-refractivity contribution is 5.85. The number of carbonyl (C=O) groups excluding carboxylic acids is 2. The summed E-state index contributed by atoms with van der Waals surface area (Å²) in [5.74, 6) is 0.257. The Morgan fingerprint density at radius 2 is 1.96 bits per heavy atom. The SMILES string of the molecule is CC1(C)CN(CC(=O)NCc2ccccc2CN2CCCC2=O)CCC1N.Cl. The minimum absolute atomic E-state index is 0. The molecule has 1 atom stereocenters.